The highest BCUT2D eigenvalue weighted by atomic mass is 32.1. The zero-order valence-corrected chi connectivity index (χ0v) is 11.2. The summed E-state index contributed by atoms with van der Waals surface area (Å²) in [5.74, 6) is 2.97. The van der Waals surface area contributed by atoms with E-state index in [4.69, 9.17) is 4.98 Å². The van der Waals surface area contributed by atoms with E-state index >= 15 is 0 Å². The minimum absolute atomic E-state index is 0.419. The fourth-order valence-electron chi connectivity index (χ4n) is 5.32. The monoisotopic (exact) mass is 259 g/mol. The van der Waals surface area contributed by atoms with Gasteiger partial charge in [-0.25, -0.2) is 9.50 Å². The highest BCUT2D eigenvalue weighted by Crippen LogP contribution is 2.60. The lowest BCUT2D eigenvalue weighted by atomic mass is 9.49. The molecule has 4 fully saturated rings. The second-order valence-electron chi connectivity index (χ2n) is 6.79. The fourth-order valence-corrected chi connectivity index (χ4v) is 5.92. The summed E-state index contributed by atoms with van der Waals surface area (Å²) in [6.45, 7) is 0. The van der Waals surface area contributed by atoms with Crippen LogP contribution in [-0.2, 0) is 5.41 Å². The molecule has 2 heterocycles. The average Bonchev–Trinajstić information content (AvgIpc) is 2.86. The van der Waals surface area contributed by atoms with Crippen LogP contribution in [-0.4, -0.2) is 14.6 Å². The van der Waals surface area contributed by atoms with Gasteiger partial charge in [0.25, 0.3) is 0 Å². The van der Waals surface area contributed by atoms with Crippen LogP contribution >= 0.6 is 11.3 Å². The molecule has 94 valence electrons. The Morgan fingerprint density at radius 1 is 1.11 bits per heavy atom. The van der Waals surface area contributed by atoms with Crippen molar-refractivity contribution in [2.24, 2.45) is 17.8 Å². The van der Waals surface area contributed by atoms with Crippen molar-refractivity contribution < 1.29 is 0 Å². The third-order valence-corrected chi connectivity index (χ3v) is 6.26. The molecule has 0 amide bonds. The number of fused-ring (bicyclic) bond motifs is 1. The Labute approximate surface area is 110 Å². The normalized spacial score (nSPS) is 41.9. The lowest BCUT2D eigenvalue weighted by molar-refractivity contribution is -0.00698. The van der Waals surface area contributed by atoms with E-state index in [0.29, 0.717) is 5.41 Å². The molecule has 4 aliphatic rings. The van der Waals surface area contributed by atoms with Gasteiger partial charge in [-0.3, -0.25) is 0 Å². The van der Waals surface area contributed by atoms with Gasteiger partial charge in [0.05, 0.1) is 11.9 Å². The SMILES string of the molecule is c1nn2cc(C34CC5CC(CC(C5)C3)C4)nc2s1. The summed E-state index contributed by atoms with van der Waals surface area (Å²) in [5, 5.41) is 4.34. The third kappa shape index (κ3) is 1.20. The molecule has 6 rings (SSSR count). The maximum absolute atomic E-state index is 4.88. The Morgan fingerprint density at radius 3 is 2.39 bits per heavy atom. The van der Waals surface area contributed by atoms with Gasteiger partial charge in [0.15, 0.2) is 0 Å². The Kier molecular flexibility index (Phi) is 1.75. The van der Waals surface area contributed by atoms with Crippen LogP contribution in [0.15, 0.2) is 11.7 Å². The van der Waals surface area contributed by atoms with Gasteiger partial charge in [-0.1, -0.05) is 11.3 Å². The molecule has 0 atom stereocenters. The molecule has 2 aromatic rings. The fraction of sp³-hybridized carbons (Fsp3) is 0.714. The maximum Gasteiger partial charge on any atom is 0.212 e. The topological polar surface area (TPSA) is 30.2 Å². The lowest BCUT2D eigenvalue weighted by Crippen LogP contribution is -2.48. The molecule has 0 aromatic carbocycles. The van der Waals surface area contributed by atoms with Gasteiger partial charge < -0.3 is 0 Å². The van der Waals surface area contributed by atoms with E-state index in [1.165, 1.54) is 44.2 Å². The van der Waals surface area contributed by atoms with Crippen LogP contribution in [0.1, 0.15) is 44.2 Å². The van der Waals surface area contributed by atoms with Crippen molar-refractivity contribution in [2.45, 2.75) is 43.9 Å². The van der Waals surface area contributed by atoms with Crippen molar-refractivity contribution in [2.75, 3.05) is 0 Å². The smallest absolute Gasteiger partial charge is 0.212 e. The number of aromatic nitrogens is 3. The Morgan fingerprint density at radius 2 is 1.78 bits per heavy atom. The van der Waals surface area contributed by atoms with Gasteiger partial charge in [0.2, 0.25) is 4.96 Å². The molecular weight excluding hydrogens is 242 g/mol. The molecule has 18 heavy (non-hydrogen) atoms. The van der Waals surface area contributed by atoms with Crippen LogP contribution in [0.3, 0.4) is 0 Å². The highest BCUT2D eigenvalue weighted by molar-refractivity contribution is 7.14. The molecule has 0 saturated heterocycles. The van der Waals surface area contributed by atoms with Crippen molar-refractivity contribution in [3.05, 3.63) is 17.4 Å². The molecule has 4 saturated carbocycles. The summed E-state index contributed by atoms with van der Waals surface area (Å²) in [6, 6.07) is 0. The average molecular weight is 259 g/mol. The quantitative estimate of drug-likeness (QED) is 0.787. The van der Waals surface area contributed by atoms with Crippen molar-refractivity contribution >= 4 is 16.3 Å². The van der Waals surface area contributed by atoms with E-state index in [1.807, 2.05) is 10.0 Å². The number of hydrogen-bond acceptors (Lipinski definition) is 3. The van der Waals surface area contributed by atoms with Crippen LogP contribution in [0, 0.1) is 17.8 Å². The molecule has 0 spiro atoms. The van der Waals surface area contributed by atoms with E-state index in [2.05, 4.69) is 11.3 Å². The predicted molar refractivity (Wildman–Crippen MR) is 70.7 cm³/mol. The molecular formula is C14H17N3S. The van der Waals surface area contributed by atoms with Gasteiger partial charge in [0, 0.05) is 5.41 Å². The zero-order chi connectivity index (χ0) is 11.7. The number of hydrogen-bond donors (Lipinski definition) is 0. The van der Waals surface area contributed by atoms with Crippen molar-refractivity contribution in [3.8, 4) is 0 Å². The summed E-state index contributed by atoms with van der Waals surface area (Å²) >= 11 is 1.65. The number of imidazole rings is 1. The standard InChI is InChI=1S/C14H17N3S/c1-9-2-11-3-10(1)5-14(4-9,6-11)12-7-17-13(16-12)18-8-15-17/h7-11H,1-6H2. The highest BCUT2D eigenvalue weighted by Gasteiger charge is 2.52. The molecule has 4 bridgehead atoms. The molecule has 0 N–H and O–H groups in total. The van der Waals surface area contributed by atoms with Gasteiger partial charge in [-0.05, 0) is 56.3 Å². The predicted octanol–water partition coefficient (Wildman–Crippen LogP) is 3.26. The molecule has 0 unspecified atom stereocenters. The van der Waals surface area contributed by atoms with Crippen LogP contribution in [0.2, 0.25) is 0 Å². The van der Waals surface area contributed by atoms with Crippen LogP contribution in [0.4, 0.5) is 0 Å². The van der Waals surface area contributed by atoms with E-state index in [9.17, 15) is 0 Å². The summed E-state index contributed by atoms with van der Waals surface area (Å²) in [7, 11) is 0. The Bertz CT molecular complexity index is 548. The minimum Gasteiger partial charge on any atom is -0.222 e. The number of nitrogens with zero attached hydrogens (tertiary/aromatic N) is 3. The summed E-state index contributed by atoms with van der Waals surface area (Å²) in [4.78, 5) is 5.95. The summed E-state index contributed by atoms with van der Waals surface area (Å²) in [6.07, 6.45) is 10.9. The van der Waals surface area contributed by atoms with Crippen molar-refractivity contribution in [1.82, 2.24) is 14.6 Å². The molecule has 3 nitrogen and oxygen atoms in total. The van der Waals surface area contributed by atoms with E-state index in [0.717, 1.165) is 22.7 Å². The van der Waals surface area contributed by atoms with Crippen LogP contribution in [0.5, 0.6) is 0 Å². The molecule has 0 aliphatic heterocycles. The van der Waals surface area contributed by atoms with Gasteiger partial charge in [0.1, 0.15) is 5.51 Å². The largest absolute Gasteiger partial charge is 0.222 e. The Balaban J connectivity index is 1.64. The van der Waals surface area contributed by atoms with Crippen LogP contribution < -0.4 is 0 Å². The Hall–Kier alpha value is -0.900. The van der Waals surface area contributed by atoms with E-state index < -0.39 is 0 Å². The molecule has 0 radical (unpaired) electrons. The van der Waals surface area contributed by atoms with Gasteiger partial charge in [-0.2, -0.15) is 5.10 Å². The van der Waals surface area contributed by atoms with Gasteiger partial charge in [-0.15, -0.1) is 0 Å². The second kappa shape index (κ2) is 3.16. The van der Waals surface area contributed by atoms with Crippen LogP contribution in [0.25, 0.3) is 4.96 Å². The molecule has 2 aromatic heterocycles. The zero-order valence-electron chi connectivity index (χ0n) is 10.4. The van der Waals surface area contributed by atoms with Crippen molar-refractivity contribution in [1.29, 1.82) is 0 Å². The first kappa shape index (κ1) is 9.96. The first-order valence-electron chi connectivity index (χ1n) is 7.10. The lowest BCUT2D eigenvalue weighted by Gasteiger charge is -2.56. The summed E-state index contributed by atoms with van der Waals surface area (Å²) < 4.78 is 1.97. The first-order valence-corrected chi connectivity index (χ1v) is 7.98. The molecule has 4 aliphatic carbocycles. The second-order valence-corrected chi connectivity index (χ2v) is 7.60. The first-order chi connectivity index (χ1) is 8.81. The summed E-state index contributed by atoms with van der Waals surface area (Å²) in [5.41, 5.74) is 3.65. The molecule has 4 heteroatoms. The third-order valence-electron chi connectivity index (χ3n) is 5.57. The van der Waals surface area contributed by atoms with E-state index in [-0.39, 0.29) is 0 Å². The maximum atomic E-state index is 4.88. The van der Waals surface area contributed by atoms with Crippen molar-refractivity contribution in [3.63, 3.8) is 0 Å². The van der Waals surface area contributed by atoms with E-state index in [1.54, 1.807) is 11.3 Å². The number of rotatable bonds is 1. The minimum atomic E-state index is 0.419. The van der Waals surface area contributed by atoms with Gasteiger partial charge >= 0.3 is 0 Å².